The molecule has 0 aliphatic heterocycles. The summed E-state index contributed by atoms with van der Waals surface area (Å²) in [5.41, 5.74) is 0. The van der Waals surface area contributed by atoms with E-state index in [9.17, 15) is 4.79 Å². The summed E-state index contributed by atoms with van der Waals surface area (Å²) >= 11 is 0. The van der Waals surface area contributed by atoms with Crippen molar-refractivity contribution in [3.63, 3.8) is 0 Å². The molecule has 0 spiro atoms. The number of nitrogens with one attached hydrogen (secondary N) is 1. The maximum atomic E-state index is 11.9. The summed E-state index contributed by atoms with van der Waals surface area (Å²) in [6.07, 6.45) is 4.37. The summed E-state index contributed by atoms with van der Waals surface area (Å²) in [5, 5.41) is 3.29. The third kappa shape index (κ3) is 6.68. The van der Waals surface area contributed by atoms with Gasteiger partial charge < -0.3 is 14.8 Å². The largest absolute Gasteiger partial charge is 0.465 e. The fraction of sp³-hybridized carbons (Fsp3) is 0.933. The normalized spacial score (nSPS) is 16.4. The van der Waals surface area contributed by atoms with Gasteiger partial charge in [0, 0.05) is 26.2 Å². The first kappa shape index (κ1) is 17.4. The van der Waals surface area contributed by atoms with E-state index in [4.69, 9.17) is 9.47 Å². The highest BCUT2D eigenvalue weighted by Gasteiger charge is 2.29. The molecule has 0 heterocycles. The summed E-state index contributed by atoms with van der Waals surface area (Å²) in [4.78, 5) is 14.4. The van der Waals surface area contributed by atoms with E-state index in [1.54, 1.807) is 7.11 Å². The first-order valence-electron chi connectivity index (χ1n) is 7.85. The first-order chi connectivity index (χ1) is 9.72. The van der Waals surface area contributed by atoms with Crippen molar-refractivity contribution in [1.29, 1.82) is 0 Å². The molecule has 0 saturated heterocycles. The molecule has 1 N–H and O–H groups in total. The number of nitrogens with zero attached hydrogens (tertiary/aromatic N) is 1. The molecule has 0 bridgehead atoms. The SMILES string of the molecule is CCCNC(CCN(CCOC)C1CC1)C(=O)OCC. The predicted octanol–water partition coefficient (Wildman–Crippen LogP) is 1.42. The number of esters is 1. The first-order valence-corrected chi connectivity index (χ1v) is 7.85. The van der Waals surface area contributed by atoms with Crippen molar-refractivity contribution in [1.82, 2.24) is 10.2 Å². The molecular formula is C15H30N2O3. The zero-order valence-electron chi connectivity index (χ0n) is 13.2. The second kappa shape index (κ2) is 10.1. The Morgan fingerprint density at radius 3 is 2.65 bits per heavy atom. The van der Waals surface area contributed by atoms with E-state index in [0.29, 0.717) is 12.6 Å². The van der Waals surface area contributed by atoms with Gasteiger partial charge in [-0.2, -0.15) is 0 Å². The molecule has 1 fully saturated rings. The average Bonchev–Trinajstić information content (AvgIpc) is 3.26. The van der Waals surface area contributed by atoms with Gasteiger partial charge in [-0.1, -0.05) is 6.92 Å². The van der Waals surface area contributed by atoms with E-state index >= 15 is 0 Å². The summed E-state index contributed by atoms with van der Waals surface area (Å²) < 4.78 is 10.3. The molecule has 0 amide bonds. The maximum absolute atomic E-state index is 11.9. The van der Waals surface area contributed by atoms with Gasteiger partial charge in [-0.15, -0.1) is 0 Å². The minimum atomic E-state index is -0.182. The lowest BCUT2D eigenvalue weighted by Gasteiger charge is -2.24. The molecule has 1 aliphatic rings. The lowest BCUT2D eigenvalue weighted by molar-refractivity contribution is -0.146. The molecule has 1 unspecified atom stereocenters. The number of carbonyl (C=O) groups excluding carboxylic acids is 1. The minimum Gasteiger partial charge on any atom is -0.465 e. The van der Waals surface area contributed by atoms with E-state index < -0.39 is 0 Å². The van der Waals surface area contributed by atoms with Crippen molar-refractivity contribution in [2.45, 2.75) is 51.6 Å². The van der Waals surface area contributed by atoms with Gasteiger partial charge in [-0.05, 0) is 39.2 Å². The molecule has 1 rings (SSSR count). The quantitative estimate of drug-likeness (QED) is 0.550. The molecular weight excluding hydrogens is 256 g/mol. The topological polar surface area (TPSA) is 50.8 Å². The van der Waals surface area contributed by atoms with Gasteiger partial charge in [-0.25, -0.2) is 0 Å². The third-order valence-corrected chi connectivity index (χ3v) is 3.56. The van der Waals surface area contributed by atoms with Crippen molar-refractivity contribution in [3.8, 4) is 0 Å². The Balaban J connectivity index is 2.39. The number of hydrogen-bond acceptors (Lipinski definition) is 5. The average molecular weight is 286 g/mol. The van der Waals surface area contributed by atoms with Crippen LogP contribution in [0.2, 0.25) is 0 Å². The van der Waals surface area contributed by atoms with Crippen LogP contribution in [0.3, 0.4) is 0 Å². The molecule has 0 aromatic heterocycles. The lowest BCUT2D eigenvalue weighted by Crippen LogP contribution is -2.42. The van der Waals surface area contributed by atoms with Crippen LogP contribution in [0.4, 0.5) is 0 Å². The molecule has 20 heavy (non-hydrogen) atoms. The van der Waals surface area contributed by atoms with Crippen molar-refractivity contribution >= 4 is 5.97 Å². The zero-order valence-corrected chi connectivity index (χ0v) is 13.2. The van der Waals surface area contributed by atoms with Crippen molar-refractivity contribution in [2.75, 3.05) is 40.0 Å². The Labute approximate surface area is 123 Å². The number of carbonyl (C=O) groups is 1. The number of methoxy groups -OCH3 is 1. The Morgan fingerprint density at radius 1 is 1.35 bits per heavy atom. The van der Waals surface area contributed by atoms with Crippen LogP contribution in [0.15, 0.2) is 0 Å². The molecule has 0 radical (unpaired) electrons. The molecule has 0 aromatic rings. The van der Waals surface area contributed by atoms with Crippen LogP contribution in [0.5, 0.6) is 0 Å². The van der Waals surface area contributed by atoms with Gasteiger partial charge in [0.25, 0.3) is 0 Å². The fourth-order valence-corrected chi connectivity index (χ4v) is 2.28. The van der Waals surface area contributed by atoms with Crippen LogP contribution >= 0.6 is 0 Å². The van der Waals surface area contributed by atoms with E-state index in [0.717, 1.165) is 39.1 Å². The Bertz CT molecular complexity index is 270. The standard InChI is InChI=1S/C15H30N2O3/c1-4-9-16-14(15(18)20-5-2)8-10-17(11-12-19-3)13-6-7-13/h13-14,16H,4-12H2,1-3H3. The monoisotopic (exact) mass is 286 g/mol. The molecule has 0 aromatic carbocycles. The van der Waals surface area contributed by atoms with Crippen LogP contribution < -0.4 is 5.32 Å². The highest BCUT2D eigenvalue weighted by molar-refractivity contribution is 5.75. The van der Waals surface area contributed by atoms with E-state index in [2.05, 4.69) is 17.1 Å². The summed E-state index contributed by atoms with van der Waals surface area (Å²) in [6.45, 7) is 7.87. The van der Waals surface area contributed by atoms with Gasteiger partial charge in [0.2, 0.25) is 0 Å². The molecule has 1 saturated carbocycles. The smallest absolute Gasteiger partial charge is 0.323 e. The second-order valence-corrected chi connectivity index (χ2v) is 5.31. The van der Waals surface area contributed by atoms with Gasteiger partial charge in [-0.3, -0.25) is 9.69 Å². The van der Waals surface area contributed by atoms with Gasteiger partial charge in [0.15, 0.2) is 0 Å². The Morgan fingerprint density at radius 2 is 2.10 bits per heavy atom. The Hall–Kier alpha value is -0.650. The predicted molar refractivity (Wildman–Crippen MR) is 79.8 cm³/mol. The van der Waals surface area contributed by atoms with Crippen molar-refractivity contribution in [3.05, 3.63) is 0 Å². The molecule has 1 atom stereocenters. The summed E-state index contributed by atoms with van der Waals surface area (Å²) in [5.74, 6) is -0.122. The zero-order chi connectivity index (χ0) is 14.8. The van der Waals surface area contributed by atoms with Gasteiger partial charge in [0.1, 0.15) is 6.04 Å². The van der Waals surface area contributed by atoms with Gasteiger partial charge >= 0.3 is 5.97 Å². The van der Waals surface area contributed by atoms with Crippen molar-refractivity contribution in [2.24, 2.45) is 0 Å². The highest BCUT2D eigenvalue weighted by atomic mass is 16.5. The third-order valence-electron chi connectivity index (χ3n) is 3.56. The van der Waals surface area contributed by atoms with Crippen LogP contribution in [-0.4, -0.2) is 62.9 Å². The molecule has 118 valence electrons. The molecule has 5 heteroatoms. The summed E-state index contributed by atoms with van der Waals surface area (Å²) in [7, 11) is 1.73. The van der Waals surface area contributed by atoms with Crippen LogP contribution in [0.25, 0.3) is 0 Å². The van der Waals surface area contributed by atoms with Crippen LogP contribution in [0, 0.1) is 0 Å². The number of rotatable bonds is 12. The highest BCUT2D eigenvalue weighted by Crippen LogP contribution is 2.26. The van der Waals surface area contributed by atoms with E-state index in [1.807, 2.05) is 6.92 Å². The van der Waals surface area contributed by atoms with E-state index in [1.165, 1.54) is 12.8 Å². The van der Waals surface area contributed by atoms with Crippen LogP contribution in [-0.2, 0) is 14.3 Å². The molecule has 5 nitrogen and oxygen atoms in total. The van der Waals surface area contributed by atoms with E-state index in [-0.39, 0.29) is 12.0 Å². The number of hydrogen-bond donors (Lipinski definition) is 1. The minimum absolute atomic E-state index is 0.122. The van der Waals surface area contributed by atoms with Crippen LogP contribution in [0.1, 0.15) is 39.5 Å². The fourth-order valence-electron chi connectivity index (χ4n) is 2.28. The maximum Gasteiger partial charge on any atom is 0.323 e. The molecule has 1 aliphatic carbocycles. The summed E-state index contributed by atoms with van der Waals surface area (Å²) in [6, 6.07) is 0.512. The Kier molecular flexibility index (Phi) is 8.82. The lowest BCUT2D eigenvalue weighted by atomic mass is 10.2. The van der Waals surface area contributed by atoms with Gasteiger partial charge in [0.05, 0.1) is 13.2 Å². The number of ether oxygens (including phenoxy) is 2. The second-order valence-electron chi connectivity index (χ2n) is 5.31. The van der Waals surface area contributed by atoms with Crippen molar-refractivity contribution < 1.29 is 14.3 Å².